The molecule has 6 nitrogen and oxygen atoms in total. The maximum atomic E-state index is 11.2. The Morgan fingerprint density at radius 1 is 1.50 bits per heavy atom. The van der Waals surface area contributed by atoms with Crippen LogP contribution in [-0.4, -0.2) is 20.0 Å². The molecule has 0 aliphatic rings. The van der Waals surface area contributed by atoms with E-state index in [9.17, 15) is 8.42 Å². The Labute approximate surface area is 109 Å². The number of aromatic nitrogens is 1. The van der Waals surface area contributed by atoms with Crippen LogP contribution < -0.4 is 10.6 Å². The largest absolute Gasteiger partial charge is 0.276 e. The van der Waals surface area contributed by atoms with Crippen molar-refractivity contribution in [2.24, 2.45) is 5.14 Å². The molecule has 2 aromatic rings. The molecule has 0 saturated carbocycles. The fourth-order valence-electron chi connectivity index (χ4n) is 1.33. The number of nitrogens with one attached hydrogen (secondary N) is 1. The predicted octanol–water partition coefficient (Wildman–Crippen LogP) is 1.70. The van der Waals surface area contributed by atoms with Crippen molar-refractivity contribution < 1.29 is 13.3 Å². The molecule has 0 spiro atoms. The van der Waals surface area contributed by atoms with Crippen molar-refractivity contribution in [2.45, 2.75) is 17.7 Å². The van der Waals surface area contributed by atoms with E-state index in [4.69, 9.17) is 9.98 Å². The molecule has 1 heterocycles. The molecule has 0 saturated heterocycles. The first kappa shape index (κ1) is 13.2. The fourth-order valence-corrected chi connectivity index (χ4v) is 2.96. The van der Waals surface area contributed by atoms with E-state index in [1.165, 1.54) is 0 Å². The normalized spacial score (nSPS) is 11.9. The number of hydrogen-bond acceptors (Lipinski definition) is 6. The number of rotatable bonds is 5. The molecule has 0 radical (unpaired) electrons. The van der Waals surface area contributed by atoms with Crippen LogP contribution in [0.25, 0.3) is 10.2 Å². The van der Waals surface area contributed by atoms with Crippen LogP contribution in [0.3, 0.4) is 0 Å². The second-order valence-electron chi connectivity index (χ2n) is 3.66. The third-order valence-corrected chi connectivity index (χ3v) is 4.46. The lowest BCUT2D eigenvalue weighted by atomic mass is 10.3. The molecule has 0 aliphatic carbocycles. The fraction of sp³-hybridized carbons (Fsp3) is 0.300. The molecule has 2 rings (SSSR count). The smallest absolute Gasteiger partial charge is 0.265 e. The van der Waals surface area contributed by atoms with Crippen LogP contribution in [0.5, 0.6) is 0 Å². The molecule has 0 unspecified atom stereocenters. The lowest BCUT2D eigenvalue weighted by Gasteiger charge is -2.04. The van der Waals surface area contributed by atoms with Crippen LogP contribution in [0.15, 0.2) is 22.5 Å². The van der Waals surface area contributed by atoms with E-state index in [1.807, 2.05) is 6.92 Å². The monoisotopic (exact) mass is 287 g/mol. The highest BCUT2D eigenvalue weighted by Crippen LogP contribution is 2.26. The molecule has 18 heavy (non-hydrogen) atoms. The van der Waals surface area contributed by atoms with Gasteiger partial charge >= 0.3 is 0 Å². The van der Waals surface area contributed by atoms with Crippen molar-refractivity contribution in [2.75, 3.05) is 12.1 Å². The Balaban J connectivity index is 2.28. The number of hydrogen-bond donors (Lipinski definition) is 2. The van der Waals surface area contributed by atoms with Gasteiger partial charge in [0, 0.05) is 0 Å². The van der Waals surface area contributed by atoms with Crippen LogP contribution in [-0.2, 0) is 14.9 Å². The second kappa shape index (κ2) is 5.19. The van der Waals surface area contributed by atoms with Crippen molar-refractivity contribution >= 4 is 37.3 Å². The number of benzene rings is 1. The van der Waals surface area contributed by atoms with E-state index in [2.05, 4.69) is 10.5 Å². The highest BCUT2D eigenvalue weighted by molar-refractivity contribution is 7.91. The van der Waals surface area contributed by atoms with Gasteiger partial charge in [-0.1, -0.05) is 6.92 Å². The molecule has 0 amide bonds. The van der Waals surface area contributed by atoms with Gasteiger partial charge in [-0.25, -0.2) is 18.5 Å². The molecule has 0 bridgehead atoms. The van der Waals surface area contributed by atoms with E-state index in [0.29, 0.717) is 12.1 Å². The first-order valence-corrected chi connectivity index (χ1v) is 7.68. The number of thiazole rings is 1. The van der Waals surface area contributed by atoms with Crippen LogP contribution in [0, 0.1) is 0 Å². The average Bonchev–Trinajstić information content (AvgIpc) is 2.72. The van der Waals surface area contributed by atoms with Gasteiger partial charge in [-0.3, -0.25) is 10.3 Å². The zero-order valence-electron chi connectivity index (χ0n) is 9.71. The number of primary sulfonamides is 1. The van der Waals surface area contributed by atoms with Gasteiger partial charge in [-0.05, 0) is 24.6 Å². The van der Waals surface area contributed by atoms with Crippen molar-refractivity contribution in [3.8, 4) is 0 Å². The quantitative estimate of drug-likeness (QED) is 0.644. The maximum absolute atomic E-state index is 11.2. The lowest BCUT2D eigenvalue weighted by Crippen LogP contribution is -2.11. The average molecular weight is 287 g/mol. The molecule has 3 N–H and O–H groups in total. The van der Waals surface area contributed by atoms with Crippen LogP contribution in [0.4, 0.5) is 5.69 Å². The summed E-state index contributed by atoms with van der Waals surface area (Å²) in [6.45, 7) is 2.60. The predicted molar refractivity (Wildman–Crippen MR) is 70.9 cm³/mol. The molecule has 0 aliphatic heterocycles. The summed E-state index contributed by atoms with van der Waals surface area (Å²) in [6.07, 6.45) is 0.904. The summed E-state index contributed by atoms with van der Waals surface area (Å²) in [7, 11) is -3.74. The standard InChI is InChI=1S/C10H13N3O3S2/c1-2-5-16-13-7-3-4-9-8(6-7)12-10(17-9)18(11,14)15/h3-4,6,13H,2,5H2,1H3,(H2,11,14,15). The van der Waals surface area contributed by atoms with Crippen molar-refractivity contribution in [1.82, 2.24) is 4.98 Å². The Morgan fingerprint density at radius 3 is 2.94 bits per heavy atom. The molecule has 8 heteroatoms. The minimum Gasteiger partial charge on any atom is -0.276 e. The maximum Gasteiger partial charge on any atom is 0.265 e. The molecular formula is C10H13N3O3S2. The number of anilines is 1. The van der Waals surface area contributed by atoms with E-state index < -0.39 is 10.0 Å². The SMILES string of the molecule is CCCONc1ccc2sc(S(N)(=O)=O)nc2c1. The summed E-state index contributed by atoms with van der Waals surface area (Å²) in [5.41, 5.74) is 4.07. The van der Waals surface area contributed by atoms with Gasteiger partial charge in [0.15, 0.2) is 0 Å². The van der Waals surface area contributed by atoms with Gasteiger partial charge in [0.25, 0.3) is 10.0 Å². The topological polar surface area (TPSA) is 94.3 Å². The van der Waals surface area contributed by atoms with Crippen LogP contribution >= 0.6 is 11.3 Å². The molecule has 98 valence electrons. The first-order chi connectivity index (χ1) is 8.50. The number of nitrogens with two attached hydrogens (primary N) is 1. The van der Waals surface area contributed by atoms with Crippen LogP contribution in [0.2, 0.25) is 0 Å². The number of nitrogens with zero attached hydrogens (tertiary/aromatic N) is 1. The van der Waals surface area contributed by atoms with Gasteiger partial charge in [0.1, 0.15) is 0 Å². The van der Waals surface area contributed by atoms with E-state index in [1.54, 1.807) is 18.2 Å². The molecule has 1 aromatic carbocycles. The summed E-state index contributed by atoms with van der Waals surface area (Å²) in [6, 6.07) is 5.29. The summed E-state index contributed by atoms with van der Waals surface area (Å²) in [5, 5.41) is 5.04. The molecule has 0 fully saturated rings. The Kier molecular flexibility index (Phi) is 3.81. The van der Waals surface area contributed by atoms with Gasteiger partial charge in [0.05, 0.1) is 22.5 Å². The molecule has 1 aromatic heterocycles. The summed E-state index contributed by atoms with van der Waals surface area (Å²) in [4.78, 5) is 9.16. The highest BCUT2D eigenvalue weighted by Gasteiger charge is 2.14. The number of fused-ring (bicyclic) bond motifs is 1. The van der Waals surface area contributed by atoms with E-state index in [-0.39, 0.29) is 4.34 Å². The Bertz CT molecular complexity index is 651. The minimum absolute atomic E-state index is 0.0795. The van der Waals surface area contributed by atoms with Crippen molar-refractivity contribution in [1.29, 1.82) is 0 Å². The zero-order valence-corrected chi connectivity index (χ0v) is 11.3. The van der Waals surface area contributed by atoms with Crippen LogP contribution in [0.1, 0.15) is 13.3 Å². The highest BCUT2D eigenvalue weighted by atomic mass is 32.2. The van der Waals surface area contributed by atoms with Gasteiger partial charge in [-0.15, -0.1) is 11.3 Å². The Hall–Kier alpha value is -1.22. The molecule has 0 atom stereocenters. The van der Waals surface area contributed by atoms with Crippen molar-refractivity contribution in [3.63, 3.8) is 0 Å². The summed E-state index contributed by atoms with van der Waals surface area (Å²) >= 11 is 1.05. The number of sulfonamides is 1. The van der Waals surface area contributed by atoms with E-state index >= 15 is 0 Å². The zero-order chi connectivity index (χ0) is 13.2. The van der Waals surface area contributed by atoms with E-state index in [0.717, 1.165) is 28.1 Å². The first-order valence-electron chi connectivity index (χ1n) is 5.32. The lowest BCUT2D eigenvalue weighted by molar-refractivity contribution is 0.194. The van der Waals surface area contributed by atoms with Gasteiger partial charge in [0.2, 0.25) is 4.34 Å². The Morgan fingerprint density at radius 2 is 2.28 bits per heavy atom. The summed E-state index contributed by atoms with van der Waals surface area (Å²) < 4.78 is 23.1. The third-order valence-electron chi connectivity index (χ3n) is 2.11. The second-order valence-corrected chi connectivity index (χ2v) is 6.42. The molecular weight excluding hydrogens is 274 g/mol. The summed E-state index contributed by atoms with van der Waals surface area (Å²) in [5.74, 6) is 0. The van der Waals surface area contributed by atoms with Crippen molar-refractivity contribution in [3.05, 3.63) is 18.2 Å². The van der Waals surface area contributed by atoms with Gasteiger partial charge in [-0.2, -0.15) is 0 Å². The third kappa shape index (κ3) is 2.96. The van der Waals surface area contributed by atoms with Gasteiger partial charge < -0.3 is 0 Å². The minimum atomic E-state index is -3.74.